The molecule has 36 heavy (non-hydrogen) atoms. The highest BCUT2D eigenvalue weighted by atomic mass is 32.2. The number of hydrazone groups is 1. The molecule has 0 fully saturated rings. The number of rotatable bonds is 9. The Balaban J connectivity index is 1.52. The van der Waals surface area contributed by atoms with Gasteiger partial charge in [0.15, 0.2) is 11.0 Å². The second kappa shape index (κ2) is 11.3. The van der Waals surface area contributed by atoms with Crippen molar-refractivity contribution in [1.29, 1.82) is 0 Å². The van der Waals surface area contributed by atoms with Crippen LogP contribution in [0.3, 0.4) is 0 Å². The van der Waals surface area contributed by atoms with Crippen LogP contribution in [0.15, 0.2) is 83.1 Å². The molecule has 4 aromatic rings. The predicted octanol–water partition coefficient (Wildman–Crippen LogP) is 2.86. The van der Waals surface area contributed by atoms with E-state index in [4.69, 9.17) is 4.74 Å². The van der Waals surface area contributed by atoms with E-state index < -0.39 is 5.97 Å². The molecule has 1 aromatic heterocycles. The maximum absolute atomic E-state index is 12.4. The number of thioether (sulfide) groups is 1. The Kier molecular flexibility index (Phi) is 7.76. The van der Waals surface area contributed by atoms with Gasteiger partial charge in [0.05, 0.1) is 25.0 Å². The van der Waals surface area contributed by atoms with Crippen molar-refractivity contribution in [3.63, 3.8) is 0 Å². The zero-order valence-electron chi connectivity index (χ0n) is 19.5. The molecular formula is C26H22N5O4S-. The van der Waals surface area contributed by atoms with Gasteiger partial charge in [-0.25, -0.2) is 5.43 Å². The van der Waals surface area contributed by atoms with Crippen LogP contribution >= 0.6 is 11.8 Å². The van der Waals surface area contributed by atoms with Gasteiger partial charge in [-0.05, 0) is 31.2 Å². The van der Waals surface area contributed by atoms with E-state index in [1.807, 2.05) is 60.0 Å². The third-order valence-corrected chi connectivity index (χ3v) is 6.11. The molecule has 10 heteroatoms. The summed E-state index contributed by atoms with van der Waals surface area (Å²) < 4.78 is 7.14. The van der Waals surface area contributed by atoms with Crippen LogP contribution in [0.1, 0.15) is 21.5 Å². The SMILES string of the molecule is COc1ccc(-n2c(SCC(=O)N/N=C\c3ccccc3C(=O)[O-])nnc2-c2ccc(C)cc2)cc1. The number of aryl methyl sites for hydroxylation is 1. The summed E-state index contributed by atoms with van der Waals surface area (Å²) in [5.41, 5.74) is 5.55. The van der Waals surface area contributed by atoms with Gasteiger partial charge in [0, 0.05) is 22.4 Å². The number of amides is 1. The summed E-state index contributed by atoms with van der Waals surface area (Å²) in [6.07, 6.45) is 1.27. The summed E-state index contributed by atoms with van der Waals surface area (Å²) in [5.74, 6) is -0.332. The number of carbonyl (C=O) groups is 2. The predicted molar refractivity (Wildman–Crippen MR) is 135 cm³/mol. The van der Waals surface area contributed by atoms with Gasteiger partial charge in [-0.15, -0.1) is 10.2 Å². The molecule has 0 spiro atoms. The van der Waals surface area contributed by atoms with Gasteiger partial charge >= 0.3 is 0 Å². The second-order valence-electron chi connectivity index (χ2n) is 7.66. The first-order chi connectivity index (χ1) is 17.5. The van der Waals surface area contributed by atoms with Crippen molar-refractivity contribution in [2.45, 2.75) is 12.1 Å². The van der Waals surface area contributed by atoms with Crippen LogP contribution in [-0.4, -0.2) is 45.7 Å². The van der Waals surface area contributed by atoms with Crippen molar-refractivity contribution in [2.24, 2.45) is 5.10 Å². The van der Waals surface area contributed by atoms with Crippen LogP contribution in [0.2, 0.25) is 0 Å². The minimum absolute atomic E-state index is 0.0129. The van der Waals surface area contributed by atoms with Crippen LogP contribution in [-0.2, 0) is 4.79 Å². The fourth-order valence-corrected chi connectivity index (χ4v) is 4.09. The molecule has 0 saturated carbocycles. The standard InChI is InChI=1S/C26H23N5O4S/c1-17-7-9-18(10-8-17)24-29-30-26(31(24)20-11-13-21(35-2)14-12-20)36-16-23(32)28-27-15-19-5-3-4-6-22(19)25(33)34/h3-15H,16H2,1-2H3,(H,28,32)(H,33,34)/p-1/b27-15-. The van der Waals surface area contributed by atoms with Gasteiger partial charge in [0.2, 0.25) is 0 Å². The number of carboxylic acid groups (broad SMARTS) is 1. The van der Waals surface area contributed by atoms with Crippen molar-refractivity contribution < 1.29 is 19.4 Å². The third kappa shape index (κ3) is 5.78. The highest BCUT2D eigenvalue weighted by Gasteiger charge is 2.17. The topological polar surface area (TPSA) is 122 Å². The van der Waals surface area contributed by atoms with Crippen LogP contribution in [0.5, 0.6) is 5.75 Å². The van der Waals surface area contributed by atoms with E-state index >= 15 is 0 Å². The lowest BCUT2D eigenvalue weighted by Gasteiger charge is -2.11. The molecule has 0 bridgehead atoms. The third-order valence-electron chi connectivity index (χ3n) is 5.18. The molecule has 1 heterocycles. The maximum Gasteiger partial charge on any atom is 0.250 e. The highest BCUT2D eigenvalue weighted by molar-refractivity contribution is 7.99. The first-order valence-corrected chi connectivity index (χ1v) is 11.9. The van der Waals surface area contributed by atoms with Gasteiger partial charge < -0.3 is 14.6 Å². The van der Waals surface area contributed by atoms with Gasteiger partial charge in [-0.1, -0.05) is 65.9 Å². The number of benzene rings is 3. The van der Waals surface area contributed by atoms with Gasteiger partial charge in [-0.2, -0.15) is 5.10 Å². The number of hydrogen-bond donors (Lipinski definition) is 1. The number of aromatic nitrogens is 3. The van der Waals surface area contributed by atoms with Crippen molar-refractivity contribution in [2.75, 3.05) is 12.9 Å². The van der Waals surface area contributed by atoms with E-state index in [1.165, 1.54) is 24.0 Å². The molecule has 0 aliphatic rings. The molecule has 3 aromatic carbocycles. The van der Waals surface area contributed by atoms with Gasteiger partial charge in [-0.3, -0.25) is 9.36 Å². The van der Waals surface area contributed by atoms with Crippen molar-refractivity contribution in [1.82, 2.24) is 20.2 Å². The number of aromatic carboxylic acids is 1. The normalized spacial score (nSPS) is 10.9. The molecule has 1 amide bonds. The number of nitrogens with one attached hydrogen (secondary N) is 1. The number of carbonyl (C=O) groups excluding carboxylic acids is 2. The van der Waals surface area contributed by atoms with Gasteiger partial charge in [0.25, 0.3) is 5.91 Å². The lowest BCUT2D eigenvalue weighted by molar-refractivity contribution is -0.255. The van der Waals surface area contributed by atoms with Crippen LogP contribution in [0, 0.1) is 6.92 Å². The van der Waals surface area contributed by atoms with Gasteiger partial charge in [0.1, 0.15) is 5.75 Å². The van der Waals surface area contributed by atoms with E-state index in [0.29, 0.717) is 16.5 Å². The van der Waals surface area contributed by atoms with Crippen molar-refractivity contribution in [3.8, 4) is 22.8 Å². The molecule has 0 unspecified atom stereocenters. The van der Waals surface area contributed by atoms with E-state index in [1.54, 1.807) is 25.3 Å². The van der Waals surface area contributed by atoms with E-state index in [2.05, 4.69) is 20.7 Å². The Labute approximate surface area is 211 Å². The largest absolute Gasteiger partial charge is 0.545 e. The van der Waals surface area contributed by atoms with E-state index in [-0.39, 0.29) is 17.2 Å². The molecule has 0 saturated heterocycles. The Morgan fingerprint density at radius 3 is 2.47 bits per heavy atom. The number of ether oxygens (including phenoxy) is 1. The number of nitrogens with zero attached hydrogens (tertiary/aromatic N) is 4. The Morgan fingerprint density at radius 1 is 1.06 bits per heavy atom. The summed E-state index contributed by atoms with van der Waals surface area (Å²) in [6, 6.07) is 21.6. The lowest BCUT2D eigenvalue weighted by Crippen LogP contribution is -2.24. The fraction of sp³-hybridized carbons (Fsp3) is 0.115. The molecule has 0 aliphatic carbocycles. The maximum atomic E-state index is 12.4. The molecule has 0 aliphatic heterocycles. The minimum Gasteiger partial charge on any atom is -0.545 e. The second-order valence-corrected chi connectivity index (χ2v) is 8.60. The molecule has 1 N–H and O–H groups in total. The summed E-state index contributed by atoms with van der Waals surface area (Å²) in [4.78, 5) is 23.6. The van der Waals surface area contributed by atoms with Crippen molar-refractivity contribution >= 4 is 29.9 Å². The monoisotopic (exact) mass is 500 g/mol. The average molecular weight is 501 g/mol. The summed E-state index contributed by atoms with van der Waals surface area (Å²) >= 11 is 1.20. The molecule has 4 rings (SSSR count). The Bertz CT molecular complexity index is 1400. The summed E-state index contributed by atoms with van der Waals surface area (Å²) in [6.45, 7) is 2.01. The van der Waals surface area contributed by atoms with Crippen LogP contribution < -0.4 is 15.3 Å². The average Bonchev–Trinajstić information content (AvgIpc) is 3.32. The van der Waals surface area contributed by atoms with Crippen LogP contribution in [0.25, 0.3) is 17.1 Å². The van der Waals surface area contributed by atoms with E-state index in [9.17, 15) is 14.7 Å². The molecule has 9 nitrogen and oxygen atoms in total. The molecular weight excluding hydrogens is 478 g/mol. The van der Waals surface area contributed by atoms with E-state index in [0.717, 1.165) is 22.6 Å². The quantitative estimate of drug-likeness (QED) is 0.213. The Hall–Kier alpha value is -4.44. The smallest absolute Gasteiger partial charge is 0.250 e. The highest BCUT2D eigenvalue weighted by Crippen LogP contribution is 2.29. The molecule has 0 atom stereocenters. The molecule has 0 radical (unpaired) electrons. The molecule has 182 valence electrons. The Morgan fingerprint density at radius 2 is 1.78 bits per heavy atom. The number of carboxylic acids is 1. The minimum atomic E-state index is -1.32. The number of methoxy groups -OCH3 is 1. The first kappa shape index (κ1) is 24.7. The number of hydrogen-bond acceptors (Lipinski definition) is 8. The first-order valence-electron chi connectivity index (χ1n) is 10.9. The zero-order valence-corrected chi connectivity index (χ0v) is 20.4. The summed E-state index contributed by atoms with van der Waals surface area (Å²) in [7, 11) is 1.60. The van der Waals surface area contributed by atoms with Crippen LogP contribution in [0.4, 0.5) is 0 Å². The summed E-state index contributed by atoms with van der Waals surface area (Å²) in [5, 5.41) is 24.3. The fourth-order valence-electron chi connectivity index (χ4n) is 3.35. The zero-order chi connectivity index (χ0) is 25.5. The van der Waals surface area contributed by atoms with Crippen molar-refractivity contribution in [3.05, 3.63) is 89.5 Å². The lowest BCUT2D eigenvalue weighted by atomic mass is 10.1.